The number of aliphatic carboxylic acids is 1. The van der Waals surface area contributed by atoms with Crippen LogP contribution in [-0.2, 0) is 14.8 Å². The predicted octanol–water partition coefficient (Wildman–Crippen LogP) is 1.46. The minimum absolute atomic E-state index is 0.0143. The summed E-state index contributed by atoms with van der Waals surface area (Å²) in [7, 11) is -3.69. The fourth-order valence-corrected chi connectivity index (χ4v) is 4.63. The first kappa shape index (κ1) is 20.0. The zero-order valence-corrected chi connectivity index (χ0v) is 15.9. The molecule has 3 rings (SSSR count). The minimum Gasteiger partial charge on any atom is -0.480 e. The number of sulfonamides is 1. The van der Waals surface area contributed by atoms with E-state index in [0.29, 0.717) is 19.0 Å². The van der Waals surface area contributed by atoms with Gasteiger partial charge in [-0.15, -0.1) is 0 Å². The number of piperidine rings is 1. The van der Waals surface area contributed by atoms with Crippen molar-refractivity contribution in [2.24, 2.45) is 0 Å². The van der Waals surface area contributed by atoms with Gasteiger partial charge in [-0.25, -0.2) is 13.4 Å². The van der Waals surface area contributed by atoms with Crippen LogP contribution in [0.25, 0.3) is 0 Å². The van der Waals surface area contributed by atoms with Crippen LogP contribution in [0.1, 0.15) is 34.8 Å². The number of nitrogens with one attached hydrogen (secondary N) is 1. The molecule has 1 aliphatic heterocycles. The Balaban J connectivity index is 1.65. The molecule has 1 amide bonds. The maximum atomic E-state index is 12.8. The molecule has 0 radical (unpaired) electrons. The molecule has 0 aliphatic carbocycles. The third kappa shape index (κ3) is 4.55. The van der Waals surface area contributed by atoms with Gasteiger partial charge in [0.15, 0.2) is 0 Å². The smallest absolute Gasteiger partial charge is 0.322 e. The molecule has 1 aromatic carbocycles. The third-order valence-corrected chi connectivity index (χ3v) is 6.61. The first-order valence-corrected chi connectivity index (χ1v) is 10.3. The van der Waals surface area contributed by atoms with Crippen molar-refractivity contribution < 1.29 is 23.1 Å². The maximum Gasteiger partial charge on any atom is 0.322 e. The lowest BCUT2D eigenvalue weighted by molar-refractivity contribution is -0.135. The van der Waals surface area contributed by atoms with Crippen LogP contribution in [0.3, 0.4) is 0 Å². The second kappa shape index (κ2) is 8.49. The molecule has 1 saturated heterocycles. The molecule has 8 nitrogen and oxygen atoms in total. The second-order valence-electron chi connectivity index (χ2n) is 6.54. The number of carbonyl (C=O) groups is 2. The monoisotopic (exact) mass is 403 g/mol. The summed E-state index contributed by atoms with van der Waals surface area (Å²) in [5.74, 6) is -1.51. The number of hydrogen-bond acceptors (Lipinski definition) is 5. The number of carbonyl (C=O) groups excluding carboxylic acids is 1. The Morgan fingerprint density at radius 3 is 2.36 bits per heavy atom. The Hall–Kier alpha value is -2.78. The van der Waals surface area contributed by atoms with Gasteiger partial charge in [-0.3, -0.25) is 9.59 Å². The van der Waals surface area contributed by atoms with Gasteiger partial charge in [0.1, 0.15) is 17.1 Å². The molecule has 0 bridgehead atoms. The predicted molar refractivity (Wildman–Crippen MR) is 101 cm³/mol. The van der Waals surface area contributed by atoms with Gasteiger partial charge in [0.05, 0.1) is 0 Å². The normalized spacial score (nSPS) is 15.9. The molecule has 0 atom stereocenters. The first-order valence-electron chi connectivity index (χ1n) is 8.89. The molecule has 1 fully saturated rings. The average molecular weight is 403 g/mol. The van der Waals surface area contributed by atoms with Gasteiger partial charge in [-0.05, 0) is 36.5 Å². The van der Waals surface area contributed by atoms with E-state index in [1.54, 1.807) is 0 Å². The van der Waals surface area contributed by atoms with E-state index in [1.807, 2.05) is 18.2 Å². The average Bonchev–Trinajstić information content (AvgIpc) is 2.73. The van der Waals surface area contributed by atoms with E-state index < -0.39 is 28.4 Å². The van der Waals surface area contributed by atoms with Gasteiger partial charge >= 0.3 is 5.97 Å². The van der Waals surface area contributed by atoms with E-state index in [2.05, 4.69) is 22.4 Å². The largest absolute Gasteiger partial charge is 0.480 e. The summed E-state index contributed by atoms with van der Waals surface area (Å²) in [6.45, 7) is 0.308. The van der Waals surface area contributed by atoms with Crippen LogP contribution in [0.5, 0.6) is 0 Å². The molecular weight excluding hydrogens is 382 g/mol. The quantitative estimate of drug-likeness (QED) is 0.754. The molecule has 148 valence electrons. The highest BCUT2D eigenvalue weighted by molar-refractivity contribution is 7.89. The topological polar surface area (TPSA) is 117 Å². The lowest BCUT2D eigenvalue weighted by atomic mass is 9.90. The van der Waals surface area contributed by atoms with Crippen LogP contribution in [0.2, 0.25) is 0 Å². The molecule has 1 aliphatic rings. The molecule has 1 aromatic heterocycles. The van der Waals surface area contributed by atoms with E-state index in [0.717, 1.165) is 19.0 Å². The summed E-state index contributed by atoms with van der Waals surface area (Å²) in [5, 5.41) is 10.8. The molecule has 0 spiro atoms. The van der Waals surface area contributed by atoms with Gasteiger partial charge in [0, 0.05) is 19.3 Å². The van der Waals surface area contributed by atoms with Gasteiger partial charge in [-0.2, -0.15) is 4.31 Å². The summed E-state index contributed by atoms with van der Waals surface area (Å²) in [4.78, 5) is 26.2. The van der Waals surface area contributed by atoms with E-state index in [1.165, 1.54) is 22.0 Å². The van der Waals surface area contributed by atoms with Gasteiger partial charge in [0.2, 0.25) is 10.0 Å². The van der Waals surface area contributed by atoms with Crippen molar-refractivity contribution in [1.29, 1.82) is 0 Å². The molecular formula is C19H21N3O5S. The van der Waals surface area contributed by atoms with Gasteiger partial charge in [0.25, 0.3) is 5.91 Å². The number of benzene rings is 1. The number of nitrogens with zero attached hydrogens (tertiary/aromatic N) is 2. The van der Waals surface area contributed by atoms with Crippen molar-refractivity contribution in [3.63, 3.8) is 0 Å². The Labute approximate surface area is 163 Å². The van der Waals surface area contributed by atoms with E-state index >= 15 is 0 Å². The fraction of sp³-hybridized carbons (Fsp3) is 0.316. The van der Waals surface area contributed by atoms with Crippen LogP contribution < -0.4 is 5.32 Å². The highest BCUT2D eigenvalue weighted by atomic mass is 32.2. The van der Waals surface area contributed by atoms with Gasteiger partial charge in [-0.1, -0.05) is 30.3 Å². The van der Waals surface area contributed by atoms with Crippen molar-refractivity contribution in [3.8, 4) is 0 Å². The van der Waals surface area contributed by atoms with Crippen LogP contribution in [0.4, 0.5) is 0 Å². The summed E-state index contributed by atoms with van der Waals surface area (Å²) < 4.78 is 27.1. The van der Waals surface area contributed by atoms with Crippen LogP contribution in [-0.4, -0.2) is 54.3 Å². The standard InChI is InChI=1S/C19H21N3O5S/c23-18(24)13-21-19(25)17-7-6-16(12-20-17)28(26,27)22-10-8-15(9-11-22)14-4-2-1-3-5-14/h1-7,12,15H,8-11,13H2,(H,21,25)(H,23,24). The highest BCUT2D eigenvalue weighted by Gasteiger charge is 2.30. The zero-order chi connectivity index (χ0) is 20.1. The summed E-state index contributed by atoms with van der Waals surface area (Å²) in [5.41, 5.74) is 1.18. The van der Waals surface area contributed by atoms with Crippen molar-refractivity contribution in [1.82, 2.24) is 14.6 Å². The third-order valence-electron chi connectivity index (χ3n) is 4.73. The Bertz CT molecular complexity index is 937. The highest BCUT2D eigenvalue weighted by Crippen LogP contribution is 2.30. The second-order valence-corrected chi connectivity index (χ2v) is 8.48. The summed E-state index contributed by atoms with van der Waals surface area (Å²) >= 11 is 0. The summed E-state index contributed by atoms with van der Waals surface area (Å²) in [6, 6.07) is 12.7. The van der Waals surface area contributed by atoms with Crippen LogP contribution in [0, 0.1) is 0 Å². The molecule has 9 heteroatoms. The van der Waals surface area contributed by atoms with Crippen LogP contribution >= 0.6 is 0 Å². The Kier molecular flexibility index (Phi) is 6.05. The van der Waals surface area contributed by atoms with E-state index in [-0.39, 0.29) is 10.6 Å². The van der Waals surface area contributed by atoms with Crippen molar-refractivity contribution >= 4 is 21.9 Å². The molecule has 0 unspecified atom stereocenters. The molecule has 0 saturated carbocycles. The van der Waals surface area contributed by atoms with E-state index in [9.17, 15) is 18.0 Å². The number of rotatable bonds is 6. The van der Waals surface area contributed by atoms with Crippen molar-refractivity contribution in [3.05, 3.63) is 59.9 Å². The van der Waals surface area contributed by atoms with Crippen LogP contribution in [0.15, 0.2) is 53.6 Å². The van der Waals surface area contributed by atoms with E-state index in [4.69, 9.17) is 5.11 Å². The number of amides is 1. The molecule has 2 heterocycles. The van der Waals surface area contributed by atoms with Crippen molar-refractivity contribution in [2.75, 3.05) is 19.6 Å². The number of carboxylic acids is 1. The lowest BCUT2D eigenvalue weighted by Gasteiger charge is -2.31. The summed E-state index contributed by atoms with van der Waals surface area (Å²) in [6.07, 6.45) is 2.62. The van der Waals surface area contributed by atoms with Gasteiger partial charge < -0.3 is 10.4 Å². The van der Waals surface area contributed by atoms with Crippen molar-refractivity contribution in [2.45, 2.75) is 23.7 Å². The number of aromatic nitrogens is 1. The zero-order valence-electron chi connectivity index (χ0n) is 15.1. The first-order chi connectivity index (χ1) is 13.4. The lowest BCUT2D eigenvalue weighted by Crippen LogP contribution is -2.38. The molecule has 28 heavy (non-hydrogen) atoms. The maximum absolute atomic E-state index is 12.8. The minimum atomic E-state index is -3.69. The Morgan fingerprint density at radius 1 is 1.11 bits per heavy atom. The number of pyridine rings is 1. The fourth-order valence-electron chi connectivity index (χ4n) is 3.22. The number of hydrogen-bond donors (Lipinski definition) is 2. The SMILES string of the molecule is O=C(O)CNC(=O)c1ccc(S(=O)(=O)N2CCC(c3ccccc3)CC2)cn1. The molecule has 2 N–H and O–H groups in total. The molecule has 2 aromatic rings. The Morgan fingerprint density at radius 2 is 1.79 bits per heavy atom. The number of carboxylic acid groups (broad SMARTS) is 1.